The lowest BCUT2D eigenvalue weighted by molar-refractivity contribution is 0.243. The smallest absolute Gasteiger partial charge is 0.329 e. The van der Waals surface area contributed by atoms with Crippen LogP contribution >= 0.6 is 0 Å². The second-order valence-electron chi connectivity index (χ2n) is 4.79. The van der Waals surface area contributed by atoms with Gasteiger partial charge < -0.3 is 5.32 Å². The van der Waals surface area contributed by atoms with Gasteiger partial charge in [-0.15, -0.1) is 0 Å². The first-order chi connectivity index (χ1) is 10.7. The minimum absolute atomic E-state index is 0.269. The van der Waals surface area contributed by atoms with Crippen LogP contribution in [0.4, 0.5) is 4.79 Å². The molecule has 0 saturated carbocycles. The number of hydrogen-bond donors (Lipinski definition) is 1. The maximum Gasteiger partial charge on any atom is 0.329 e. The van der Waals surface area contributed by atoms with Gasteiger partial charge in [0.15, 0.2) is 0 Å². The van der Waals surface area contributed by atoms with E-state index >= 15 is 0 Å². The highest BCUT2D eigenvalue weighted by atomic mass is 16.2. The normalized spacial score (nSPS) is 10.6. The summed E-state index contributed by atoms with van der Waals surface area (Å²) >= 11 is 0. The number of aromatic nitrogens is 2. The molecule has 0 bridgehead atoms. The van der Waals surface area contributed by atoms with Gasteiger partial charge in [0.05, 0.1) is 11.0 Å². The van der Waals surface area contributed by atoms with E-state index in [1.807, 2.05) is 31.2 Å². The zero-order valence-corrected chi connectivity index (χ0v) is 12.1. The number of carbonyl (C=O) groups excluding carboxylic acids is 1. The molecule has 0 atom stereocenters. The molecular weight excluding hydrogens is 278 g/mol. The highest BCUT2D eigenvalue weighted by molar-refractivity contribution is 5.89. The van der Waals surface area contributed by atoms with Crippen LogP contribution in [0.1, 0.15) is 6.92 Å². The Hall–Kier alpha value is -2.95. The lowest BCUT2D eigenvalue weighted by Crippen LogP contribution is -2.37. The summed E-state index contributed by atoms with van der Waals surface area (Å²) in [5.41, 5.74) is 1.64. The van der Waals surface area contributed by atoms with Crippen LogP contribution in [0.5, 0.6) is 0 Å². The van der Waals surface area contributed by atoms with Crippen molar-refractivity contribution in [2.45, 2.75) is 6.92 Å². The van der Waals surface area contributed by atoms with Crippen LogP contribution in [0.25, 0.3) is 22.3 Å². The maximum absolute atomic E-state index is 12.7. The molecule has 110 valence electrons. The van der Waals surface area contributed by atoms with Crippen LogP contribution < -0.4 is 10.9 Å². The first-order valence-corrected chi connectivity index (χ1v) is 7.07. The largest absolute Gasteiger partial charge is 0.338 e. The number of nitrogens with one attached hydrogen (secondary N) is 1. The molecule has 3 aromatic rings. The fraction of sp³-hybridized carbons (Fsp3) is 0.118. The summed E-state index contributed by atoms with van der Waals surface area (Å²) in [7, 11) is 0. The van der Waals surface area contributed by atoms with Crippen molar-refractivity contribution in [3.63, 3.8) is 0 Å². The summed E-state index contributed by atoms with van der Waals surface area (Å²) in [6.45, 7) is 2.26. The molecule has 1 aromatic heterocycles. The number of rotatable bonds is 2. The summed E-state index contributed by atoms with van der Waals surface area (Å²) < 4.78 is 1.15. The molecule has 0 spiro atoms. The van der Waals surface area contributed by atoms with E-state index in [4.69, 9.17) is 0 Å². The molecule has 3 rings (SSSR count). The zero-order chi connectivity index (χ0) is 15.5. The molecule has 0 radical (unpaired) electrons. The van der Waals surface area contributed by atoms with Gasteiger partial charge in [0.25, 0.3) is 5.56 Å². The topological polar surface area (TPSA) is 64.0 Å². The van der Waals surface area contributed by atoms with E-state index in [2.05, 4.69) is 10.3 Å². The molecule has 0 aliphatic rings. The van der Waals surface area contributed by atoms with E-state index in [0.717, 1.165) is 4.57 Å². The van der Waals surface area contributed by atoms with Crippen molar-refractivity contribution in [3.05, 3.63) is 65.0 Å². The SMILES string of the molecule is CCNC(=O)n1c(=O)c(-c2ccccc2)nc2ccccc21. The first-order valence-electron chi connectivity index (χ1n) is 7.07. The first kappa shape index (κ1) is 14.0. The molecule has 0 aliphatic carbocycles. The lowest BCUT2D eigenvalue weighted by atomic mass is 10.1. The van der Waals surface area contributed by atoms with E-state index in [1.54, 1.807) is 30.3 Å². The highest BCUT2D eigenvalue weighted by Gasteiger charge is 2.16. The minimum atomic E-state index is -0.441. The molecule has 1 amide bonds. The van der Waals surface area contributed by atoms with Crippen molar-refractivity contribution in [2.24, 2.45) is 0 Å². The van der Waals surface area contributed by atoms with Gasteiger partial charge in [-0.05, 0) is 19.1 Å². The maximum atomic E-state index is 12.7. The van der Waals surface area contributed by atoms with Crippen LogP contribution in [0.3, 0.4) is 0 Å². The molecule has 2 aromatic carbocycles. The quantitative estimate of drug-likeness (QED) is 0.790. The number of hydrogen-bond acceptors (Lipinski definition) is 3. The number of amides is 1. The Morgan fingerprint density at radius 3 is 2.50 bits per heavy atom. The monoisotopic (exact) mass is 293 g/mol. The van der Waals surface area contributed by atoms with E-state index in [0.29, 0.717) is 23.1 Å². The van der Waals surface area contributed by atoms with Crippen LogP contribution in [0, 0.1) is 0 Å². The Kier molecular flexibility index (Phi) is 3.70. The van der Waals surface area contributed by atoms with E-state index < -0.39 is 11.6 Å². The van der Waals surface area contributed by atoms with Gasteiger partial charge in [-0.3, -0.25) is 4.79 Å². The molecular formula is C17H15N3O2. The highest BCUT2D eigenvalue weighted by Crippen LogP contribution is 2.17. The predicted molar refractivity (Wildman–Crippen MR) is 85.9 cm³/mol. The molecule has 0 aliphatic heterocycles. The molecule has 0 unspecified atom stereocenters. The Morgan fingerprint density at radius 1 is 1.09 bits per heavy atom. The molecule has 1 heterocycles. The van der Waals surface area contributed by atoms with Crippen molar-refractivity contribution in [1.82, 2.24) is 14.9 Å². The van der Waals surface area contributed by atoms with Crippen molar-refractivity contribution in [2.75, 3.05) is 6.54 Å². The number of benzene rings is 2. The second kappa shape index (κ2) is 5.81. The number of nitrogens with zero attached hydrogens (tertiary/aromatic N) is 2. The third kappa shape index (κ3) is 2.37. The van der Waals surface area contributed by atoms with E-state index in [-0.39, 0.29) is 5.69 Å². The van der Waals surface area contributed by atoms with Crippen LogP contribution in [0.2, 0.25) is 0 Å². The van der Waals surface area contributed by atoms with Gasteiger partial charge >= 0.3 is 6.03 Å². The Labute approximate surface area is 127 Å². The average Bonchev–Trinajstić information content (AvgIpc) is 2.55. The van der Waals surface area contributed by atoms with Gasteiger partial charge in [0.1, 0.15) is 5.69 Å². The lowest BCUT2D eigenvalue weighted by Gasteiger charge is -2.11. The van der Waals surface area contributed by atoms with Crippen LogP contribution in [-0.2, 0) is 0 Å². The molecule has 1 N–H and O–H groups in total. The fourth-order valence-corrected chi connectivity index (χ4v) is 2.35. The summed E-state index contributed by atoms with van der Waals surface area (Å²) in [5.74, 6) is 0. The summed E-state index contributed by atoms with van der Waals surface area (Å²) in [5, 5.41) is 2.67. The Morgan fingerprint density at radius 2 is 1.77 bits per heavy atom. The molecule has 22 heavy (non-hydrogen) atoms. The van der Waals surface area contributed by atoms with Crippen molar-refractivity contribution < 1.29 is 4.79 Å². The second-order valence-corrected chi connectivity index (χ2v) is 4.79. The van der Waals surface area contributed by atoms with E-state index in [9.17, 15) is 9.59 Å². The zero-order valence-electron chi connectivity index (χ0n) is 12.1. The van der Waals surface area contributed by atoms with Crippen LogP contribution in [0.15, 0.2) is 59.4 Å². The summed E-state index contributed by atoms with van der Waals surface area (Å²) in [4.78, 5) is 29.5. The minimum Gasteiger partial charge on any atom is -0.338 e. The molecule has 0 fully saturated rings. The molecule has 5 nitrogen and oxygen atoms in total. The third-order valence-corrected chi connectivity index (χ3v) is 3.34. The fourth-order valence-electron chi connectivity index (χ4n) is 2.35. The molecule has 5 heteroatoms. The van der Waals surface area contributed by atoms with Gasteiger partial charge in [-0.1, -0.05) is 42.5 Å². The standard InChI is InChI=1S/C17H15N3O2/c1-2-18-17(22)20-14-11-7-6-10-13(14)19-15(16(20)21)12-8-4-3-5-9-12/h3-11H,2H2,1H3,(H,18,22). The van der Waals surface area contributed by atoms with Crippen LogP contribution in [-0.4, -0.2) is 22.1 Å². The Balaban J connectivity index is 2.34. The number of fused-ring (bicyclic) bond motifs is 1. The van der Waals surface area contributed by atoms with Gasteiger partial charge in [0, 0.05) is 12.1 Å². The predicted octanol–water partition coefficient (Wildman–Crippen LogP) is 2.64. The summed E-state index contributed by atoms with van der Waals surface area (Å²) in [6.07, 6.45) is 0. The summed E-state index contributed by atoms with van der Waals surface area (Å²) in [6, 6.07) is 15.8. The Bertz CT molecular complexity index is 885. The van der Waals surface area contributed by atoms with Crippen molar-refractivity contribution >= 4 is 17.1 Å². The van der Waals surface area contributed by atoms with Crippen molar-refractivity contribution in [3.8, 4) is 11.3 Å². The number of carbonyl (C=O) groups is 1. The van der Waals surface area contributed by atoms with Crippen molar-refractivity contribution in [1.29, 1.82) is 0 Å². The third-order valence-electron chi connectivity index (χ3n) is 3.34. The van der Waals surface area contributed by atoms with E-state index in [1.165, 1.54) is 0 Å². The van der Waals surface area contributed by atoms with Gasteiger partial charge in [-0.2, -0.15) is 0 Å². The van der Waals surface area contributed by atoms with Gasteiger partial charge in [0.2, 0.25) is 0 Å². The van der Waals surface area contributed by atoms with Gasteiger partial charge in [-0.25, -0.2) is 14.3 Å². The average molecular weight is 293 g/mol. The molecule has 0 saturated heterocycles. The number of para-hydroxylation sites is 2.